The van der Waals surface area contributed by atoms with Crippen LogP contribution < -0.4 is 15.4 Å². The van der Waals surface area contributed by atoms with E-state index in [-0.39, 0.29) is 17.5 Å². The summed E-state index contributed by atoms with van der Waals surface area (Å²) in [7, 11) is 3.25. The molecule has 1 saturated heterocycles. The SMILES string of the molecule is COc1nn(C)cc1C(=O)NCC1CCN(C(=O)NC(C)(C)C)CC1. The summed E-state index contributed by atoms with van der Waals surface area (Å²) < 4.78 is 6.67. The predicted molar refractivity (Wildman–Crippen MR) is 94.7 cm³/mol. The van der Waals surface area contributed by atoms with E-state index in [1.165, 1.54) is 7.11 Å². The lowest BCUT2D eigenvalue weighted by atomic mass is 9.97. The number of aromatic nitrogens is 2. The Morgan fingerprint density at radius 2 is 1.96 bits per heavy atom. The number of ether oxygens (including phenoxy) is 1. The number of amides is 3. The van der Waals surface area contributed by atoms with E-state index < -0.39 is 0 Å². The zero-order chi connectivity index (χ0) is 18.6. The molecule has 1 aromatic rings. The lowest BCUT2D eigenvalue weighted by Gasteiger charge is -2.34. The van der Waals surface area contributed by atoms with Crippen LogP contribution in [0.1, 0.15) is 44.0 Å². The molecule has 25 heavy (non-hydrogen) atoms. The van der Waals surface area contributed by atoms with Crippen LogP contribution in [0.15, 0.2) is 6.20 Å². The van der Waals surface area contributed by atoms with Crippen molar-refractivity contribution in [2.75, 3.05) is 26.7 Å². The minimum Gasteiger partial charge on any atom is -0.479 e. The Kier molecular flexibility index (Phi) is 5.92. The van der Waals surface area contributed by atoms with Crippen molar-refractivity contribution in [3.05, 3.63) is 11.8 Å². The molecule has 0 unspecified atom stereocenters. The lowest BCUT2D eigenvalue weighted by molar-refractivity contribution is 0.0934. The highest BCUT2D eigenvalue weighted by molar-refractivity contribution is 5.96. The fraction of sp³-hybridized carbons (Fsp3) is 0.706. The van der Waals surface area contributed by atoms with Gasteiger partial charge in [0, 0.05) is 38.4 Å². The number of aryl methyl sites for hydroxylation is 1. The average Bonchev–Trinajstić information content (AvgIpc) is 2.92. The molecule has 1 aromatic heterocycles. The van der Waals surface area contributed by atoms with E-state index in [9.17, 15) is 9.59 Å². The van der Waals surface area contributed by atoms with Gasteiger partial charge >= 0.3 is 6.03 Å². The Morgan fingerprint density at radius 1 is 1.32 bits per heavy atom. The predicted octanol–water partition coefficient (Wildman–Crippen LogP) is 1.38. The van der Waals surface area contributed by atoms with Crippen LogP contribution in [0, 0.1) is 5.92 Å². The van der Waals surface area contributed by atoms with Gasteiger partial charge in [-0.05, 0) is 39.5 Å². The van der Waals surface area contributed by atoms with Gasteiger partial charge in [0.15, 0.2) is 0 Å². The number of carbonyl (C=O) groups excluding carboxylic acids is 2. The molecular weight excluding hydrogens is 322 g/mol. The molecule has 1 aliphatic heterocycles. The van der Waals surface area contributed by atoms with Crippen molar-refractivity contribution >= 4 is 11.9 Å². The number of nitrogens with zero attached hydrogens (tertiary/aromatic N) is 3. The van der Waals surface area contributed by atoms with Crippen molar-refractivity contribution in [3.8, 4) is 5.88 Å². The molecular formula is C17H29N5O3. The Balaban J connectivity index is 1.78. The van der Waals surface area contributed by atoms with Crippen LogP contribution in [-0.4, -0.2) is 58.9 Å². The zero-order valence-electron chi connectivity index (χ0n) is 15.8. The van der Waals surface area contributed by atoms with E-state index in [1.807, 2.05) is 25.7 Å². The molecule has 0 aliphatic carbocycles. The summed E-state index contributed by atoms with van der Waals surface area (Å²) >= 11 is 0. The standard InChI is InChI=1S/C17H29N5O3/c1-17(2,3)19-16(24)22-8-6-12(7-9-22)10-18-14(23)13-11-21(4)20-15(13)25-5/h11-12H,6-10H2,1-5H3,(H,18,23)(H,19,24). The molecule has 2 N–H and O–H groups in total. The smallest absolute Gasteiger partial charge is 0.317 e. The van der Waals surface area contributed by atoms with Crippen molar-refractivity contribution < 1.29 is 14.3 Å². The minimum absolute atomic E-state index is 0.0184. The summed E-state index contributed by atoms with van der Waals surface area (Å²) in [6.45, 7) is 7.92. The van der Waals surface area contributed by atoms with E-state index in [4.69, 9.17) is 4.74 Å². The van der Waals surface area contributed by atoms with Crippen LogP contribution in [0.25, 0.3) is 0 Å². The van der Waals surface area contributed by atoms with Crippen molar-refractivity contribution in [3.63, 3.8) is 0 Å². The fourth-order valence-electron chi connectivity index (χ4n) is 2.85. The number of rotatable bonds is 4. The van der Waals surface area contributed by atoms with Crippen molar-refractivity contribution in [2.45, 2.75) is 39.2 Å². The maximum atomic E-state index is 12.3. The summed E-state index contributed by atoms with van der Waals surface area (Å²) in [5.74, 6) is 0.511. The lowest BCUT2D eigenvalue weighted by Crippen LogP contribution is -2.51. The van der Waals surface area contributed by atoms with Crippen molar-refractivity contribution in [2.24, 2.45) is 13.0 Å². The Hall–Kier alpha value is -2.25. The zero-order valence-corrected chi connectivity index (χ0v) is 15.8. The van der Waals surface area contributed by atoms with Gasteiger partial charge in [0.1, 0.15) is 5.56 Å². The van der Waals surface area contributed by atoms with Crippen LogP contribution >= 0.6 is 0 Å². The molecule has 2 heterocycles. The molecule has 0 bridgehead atoms. The molecule has 3 amide bonds. The monoisotopic (exact) mass is 351 g/mol. The van der Waals surface area contributed by atoms with Crippen molar-refractivity contribution in [1.29, 1.82) is 0 Å². The van der Waals surface area contributed by atoms with Crippen LogP contribution in [0.5, 0.6) is 5.88 Å². The fourth-order valence-corrected chi connectivity index (χ4v) is 2.85. The first-order valence-corrected chi connectivity index (χ1v) is 8.62. The highest BCUT2D eigenvalue weighted by Gasteiger charge is 2.26. The van der Waals surface area contributed by atoms with E-state index in [2.05, 4.69) is 15.7 Å². The molecule has 2 rings (SSSR count). The normalized spacial score (nSPS) is 15.8. The van der Waals surface area contributed by atoms with Crippen molar-refractivity contribution in [1.82, 2.24) is 25.3 Å². The Morgan fingerprint density at radius 3 is 2.52 bits per heavy atom. The van der Waals surface area contributed by atoms with Crippen LogP contribution in [0.2, 0.25) is 0 Å². The second-order valence-electron chi connectivity index (χ2n) is 7.55. The largest absolute Gasteiger partial charge is 0.479 e. The summed E-state index contributed by atoms with van der Waals surface area (Å²) in [6, 6.07) is -0.0184. The van der Waals surface area contributed by atoms with Gasteiger partial charge in [-0.1, -0.05) is 0 Å². The van der Waals surface area contributed by atoms with Crippen LogP contribution in [0.4, 0.5) is 4.79 Å². The van der Waals surface area contributed by atoms with Crippen LogP contribution in [0.3, 0.4) is 0 Å². The first-order chi connectivity index (χ1) is 11.7. The third kappa shape index (κ3) is 5.37. The Labute approximate surface area is 148 Å². The van der Waals surface area contributed by atoms with E-state index in [0.29, 0.717) is 37.0 Å². The molecule has 1 fully saturated rings. The number of piperidine rings is 1. The Bertz CT molecular complexity index is 612. The van der Waals surface area contributed by atoms with Gasteiger partial charge in [0.05, 0.1) is 7.11 Å². The quantitative estimate of drug-likeness (QED) is 0.858. The summed E-state index contributed by atoms with van der Waals surface area (Å²) in [5, 5.41) is 10.0. The van der Waals surface area contributed by atoms with E-state index >= 15 is 0 Å². The van der Waals surface area contributed by atoms with Gasteiger partial charge in [-0.3, -0.25) is 9.48 Å². The van der Waals surface area contributed by atoms with Crippen LogP contribution in [-0.2, 0) is 7.05 Å². The second-order valence-corrected chi connectivity index (χ2v) is 7.55. The molecule has 8 nitrogen and oxygen atoms in total. The number of methoxy groups -OCH3 is 1. The molecule has 0 aromatic carbocycles. The third-order valence-electron chi connectivity index (χ3n) is 4.17. The third-order valence-corrected chi connectivity index (χ3v) is 4.17. The average molecular weight is 351 g/mol. The van der Waals surface area contributed by atoms with Gasteiger partial charge in [0.2, 0.25) is 5.88 Å². The molecule has 0 saturated carbocycles. The van der Waals surface area contributed by atoms with Gasteiger partial charge in [-0.15, -0.1) is 5.10 Å². The second kappa shape index (κ2) is 7.76. The molecule has 0 spiro atoms. The molecule has 8 heteroatoms. The summed E-state index contributed by atoms with van der Waals surface area (Å²) in [4.78, 5) is 26.3. The highest BCUT2D eigenvalue weighted by Crippen LogP contribution is 2.18. The van der Waals surface area contributed by atoms with Gasteiger partial charge in [0.25, 0.3) is 5.91 Å². The maximum Gasteiger partial charge on any atom is 0.317 e. The summed E-state index contributed by atoms with van der Waals surface area (Å²) in [6.07, 6.45) is 3.40. The number of likely N-dealkylation sites (tertiary alicyclic amines) is 1. The first kappa shape index (κ1) is 19.1. The number of nitrogens with one attached hydrogen (secondary N) is 2. The van der Waals surface area contributed by atoms with Gasteiger partial charge in [-0.2, -0.15) is 0 Å². The highest BCUT2D eigenvalue weighted by atomic mass is 16.5. The number of hydrogen-bond acceptors (Lipinski definition) is 4. The maximum absolute atomic E-state index is 12.3. The molecule has 1 aliphatic rings. The molecule has 0 radical (unpaired) electrons. The number of hydrogen-bond donors (Lipinski definition) is 2. The minimum atomic E-state index is -0.231. The van der Waals surface area contributed by atoms with E-state index in [1.54, 1.807) is 17.9 Å². The molecule has 140 valence electrons. The molecule has 0 atom stereocenters. The number of carbonyl (C=O) groups is 2. The van der Waals surface area contributed by atoms with Gasteiger partial charge < -0.3 is 20.3 Å². The first-order valence-electron chi connectivity index (χ1n) is 8.62. The summed E-state index contributed by atoms with van der Waals surface area (Å²) in [5.41, 5.74) is 0.206. The number of urea groups is 1. The topological polar surface area (TPSA) is 88.5 Å². The van der Waals surface area contributed by atoms with E-state index in [0.717, 1.165) is 12.8 Å². The van der Waals surface area contributed by atoms with Gasteiger partial charge in [-0.25, -0.2) is 4.79 Å².